The Hall–Kier alpha value is -2.02. The van der Waals surface area contributed by atoms with E-state index in [9.17, 15) is 9.59 Å². The summed E-state index contributed by atoms with van der Waals surface area (Å²) in [4.78, 5) is 30.8. The number of unbranched alkanes of at least 4 members (excludes halogenated alkanes) is 1. The van der Waals surface area contributed by atoms with Crippen LogP contribution >= 0.6 is 11.8 Å². The first-order chi connectivity index (χ1) is 12.5. The number of hydrogen-bond donors (Lipinski definition) is 3. The van der Waals surface area contributed by atoms with Gasteiger partial charge in [0, 0.05) is 6.42 Å². The van der Waals surface area contributed by atoms with Gasteiger partial charge in [0.25, 0.3) is 0 Å². The Balaban J connectivity index is 2.12. The number of fused-ring (bicyclic) bond motifs is 1. The number of aromatic nitrogens is 2. The molecule has 0 aliphatic carbocycles. The second-order valence-electron chi connectivity index (χ2n) is 6.37. The molecule has 1 aromatic carbocycles. The molecule has 0 fully saturated rings. The highest BCUT2D eigenvalue weighted by atomic mass is 32.2. The zero-order chi connectivity index (χ0) is 18.9. The van der Waals surface area contributed by atoms with E-state index in [0.717, 1.165) is 41.9 Å². The van der Waals surface area contributed by atoms with E-state index in [4.69, 9.17) is 5.11 Å². The number of carboxylic acid groups (broad SMARTS) is 1. The van der Waals surface area contributed by atoms with Gasteiger partial charge in [0.1, 0.15) is 0 Å². The molecule has 2 unspecified atom stereocenters. The molecule has 3 N–H and O–H groups in total. The number of carbonyl (C=O) groups is 2. The number of carboxylic acids is 1. The topological polar surface area (TPSA) is 95.1 Å². The van der Waals surface area contributed by atoms with E-state index in [1.54, 1.807) is 0 Å². The lowest BCUT2D eigenvalue weighted by molar-refractivity contribution is -0.138. The molecule has 0 spiro atoms. The molecule has 2 aromatic rings. The van der Waals surface area contributed by atoms with Crippen LogP contribution in [-0.2, 0) is 9.59 Å². The van der Waals surface area contributed by atoms with Crippen LogP contribution in [0.2, 0.25) is 0 Å². The number of H-pyrrole nitrogens is 1. The molecular formula is C19H27N3O3S. The predicted octanol–water partition coefficient (Wildman–Crippen LogP) is 4.18. The maximum Gasteiger partial charge on any atom is 0.303 e. The number of thioether (sulfide) groups is 1. The number of imidazole rings is 1. The molecule has 2 rings (SSSR count). The number of carbonyl (C=O) groups excluding carboxylic acids is 1. The quantitative estimate of drug-likeness (QED) is 0.403. The second-order valence-corrected chi connectivity index (χ2v) is 7.50. The van der Waals surface area contributed by atoms with Gasteiger partial charge in [-0.15, -0.1) is 0 Å². The van der Waals surface area contributed by atoms with Crippen LogP contribution < -0.4 is 5.32 Å². The van der Waals surface area contributed by atoms with E-state index < -0.39 is 5.97 Å². The van der Waals surface area contributed by atoms with Crippen LogP contribution in [0, 0.1) is 5.92 Å². The fourth-order valence-corrected chi connectivity index (χ4v) is 4.11. The summed E-state index contributed by atoms with van der Waals surface area (Å²) in [6.07, 6.45) is 4.00. The molecule has 1 heterocycles. The number of hydrogen-bond acceptors (Lipinski definition) is 4. The van der Waals surface area contributed by atoms with E-state index in [1.807, 2.05) is 24.3 Å². The van der Waals surface area contributed by atoms with Gasteiger partial charge in [0.05, 0.1) is 22.8 Å². The largest absolute Gasteiger partial charge is 0.481 e. The fourth-order valence-electron chi connectivity index (χ4n) is 2.84. The SMILES string of the molecule is CCCCC(CC)C(NC(=O)CCC(=O)O)Sc1nc2ccccc2[nH]1. The summed E-state index contributed by atoms with van der Waals surface area (Å²) in [6, 6.07) is 7.82. The minimum atomic E-state index is -0.959. The van der Waals surface area contributed by atoms with Crippen LogP contribution in [-0.4, -0.2) is 32.3 Å². The first-order valence-corrected chi connectivity index (χ1v) is 10.0. The number of aromatic amines is 1. The Labute approximate surface area is 158 Å². The smallest absolute Gasteiger partial charge is 0.303 e. The summed E-state index contributed by atoms with van der Waals surface area (Å²) in [7, 11) is 0. The molecule has 142 valence electrons. The van der Waals surface area contributed by atoms with Crippen molar-refractivity contribution in [3.63, 3.8) is 0 Å². The third-order valence-electron chi connectivity index (χ3n) is 4.36. The minimum Gasteiger partial charge on any atom is -0.481 e. The van der Waals surface area contributed by atoms with Crippen LogP contribution in [0.15, 0.2) is 29.4 Å². The molecule has 6 nitrogen and oxygen atoms in total. The van der Waals surface area contributed by atoms with E-state index in [1.165, 1.54) is 11.8 Å². The number of para-hydroxylation sites is 2. The summed E-state index contributed by atoms with van der Waals surface area (Å²) in [6.45, 7) is 4.27. The molecule has 0 saturated heterocycles. The monoisotopic (exact) mass is 377 g/mol. The highest BCUT2D eigenvalue weighted by molar-refractivity contribution is 7.99. The predicted molar refractivity (Wildman–Crippen MR) is 104 cm³/mol. The third-order valence-corrected chi connectivity index (χ3v) is 5.53. The summed E-state index contributed by atoms with van der Waals surface area (Å²) >= 11 is 1.51. The van der Waals surface area contributed by atoms with Crippen molar-refractivity contribution < 1.29 is 14.7 Å². The first kappa shape index (κ1) is 20.3. The maximum atomic E-state index is 12.2. The Bertz CT molecular complexity index is 699. The molecule has 7 heteroatoms. The highest BCUT2D eigenvalue weighted by Gasteiger charge is 2.24. The average Bonchev–Trinajstić information content (AvgIpc) is 3.02. The van der Waals surface area contributed by atoms with E-state index in [-0.39, 0.29) is 24.1 Å². The van der Waals surface area contributed by atoms with Crippen molar-refractivity contribution in [2.45, 2.75) is 62.9 Å². The number of rotatable bonds is 11. The van der Waals surface area contributed by atoms with Gasteiger partial charge in [-0.25, -0.2) is 4.98 Å². The molecule has 1 amide bonds. The van der Waals surface area contributed by atoms with Crippen molar-refractivity contribution in [3.8, 4) is 0 Å². The van der Waals surface area contributed by atoms with Gasteiger partial charge in [0.2, 0.25) is 5.91 Å². The van der Waals surface area contributed by atoms with Crippen molar-refractivity contribution in [1.82, 2.24) is 15.3 Å². The third kappa shape index (κ3) is 6.05. The number of nitrogens with one attached hydrogen (secondary N) is 2. The zero-order valence-electron chi connectivity index (χ0n) is 15.3. The first-order valence-electron chi connectivity index (χ1n) is 9.16. The molecule has 1 aromatic heterocycles. The lowest BCUT2D eigenvalue weighted by Crippen LogP contribution is -2.38. The number of aliphatic carboxylic acids is 1. The van der Waals surface area contributed by atoms with Crippen molar-refractivity contribution >= 4 is 34.7 Å². The molecule has 0 aliphatic rings. The number of nitrogens with zero attached hydrogens (tertiary/aromatic N) is 1. The van der Waals surface area contributed by atoms with Crippen molar-refractivity contribution in [2.24, 2.45) is 5.92 Å². The lowest BCUT2D eigenvalue weighted by Gasteiger charge is -2.26. The molecule has 26 heavy (non-hydrogen) atoms. The maximum absolute atomic E-state index is 12.2. The molecule has 0 aliphatic heterocycles. The van der Waals surface area contributed by atoms with Gasteiger partial charge in [-0.3, -0.25) is 9.59 Å². The van der Waals surface area contributed by atoms with Gasteiger partial charge in [-0.2, -0.15) is 0 Å². The summed E-state index contributed by atoms with van der Waals surface area (Å²) in [5.74, 6) is -0.877. The summed E-state index contributed by atoms with van der Waals surface area (Å²) < 4.78 is 0. The molecule has 0 bridgehead atoms. The van der Waals surface area contributed by atoms with Gasteiger partial charge in [0.15, 0.2) is 5.16 Å². The van der Waals surface area contributed by atoms with Crippen LogP contribution in [0.3, 0.4) is 0 Å². The van der Waals surface area contributed by atoms with Crippen LogP contribution in [0.25, 0.3) is 11.0 Å². The van der Waals surface area contributed by atoms with E-state index >= 15 is 0 Å². The number of amides is 1. The zero-order valence-corrected chi connectivity index (χ0v) is 16.1. The van der Waals surface area contributed by atoms with E-state index in [0.29, 0.717) is 5.92 Å². The Morgan fingerprint density at radius 2 is 2.04 bits per heavy atom. The molecular weight excluding hydrogens is 350 g/mol. The molecule has 0 saturated carbocycles. The van der Waals surface area contributed by atoms with Gasteiger partial charge < -0.3 is 15.4 Å². The second kappa shape index (κ2) is 10.2. The fraction of sp³-hybridized carbons (Fsp3) is 0.526. The van der Waals surface area contributed by atoms with Crippen molar-refractivity contribution in [1.29, 1.82) is 0 Å². The summed E-state index contributed by atoms with van der Waals surface area (Å²) in [5, 5.41) is 12.4. The molecule has 0 radical (unpaired) electrons. The van der Waals surface area contributed by atoms with Crippen LogP contribution in [0.4, 0.5) is 0 Å². The number of benzene rings is 1. The Morgan fingerprint density at radius 3 is 2.69 bits per heavy atom. The Kier molecular flexibility index (Phi) is 7.97. The summed E-state index contributed by atoms with van der Waals surface area (Å²) in [5.41, 5.74) is 1.86. The normalized spacial score (nSPS) is 13.5. The van der Waals surface area contributed by atoms with Crippen LogP contribution in [0.5, 0.6) is 0 Å². The van der Waals surface area contributed by atoms with Gasteiger partial charge >= 0.3 is 5.97 Å². The minimum absolute atomic E-state index is 0.00324. The Morgan fingerprint density at radius 1 is 1.27 bits per heavy atom. The van der Waals surface area contributed by atoms with Crippen molar-refractivity contribution in [2.75, 3.05) is 0 Å². The van der Waals surface area contributed by atoms with Crippen molar-refractivity contribution in [3.05, 3.63) is 24.3 Å². The van der Waals surface area contributed by atoms with Gasteiger partial charge in [-0.1, -0.05) is 57.0 Å². The standard InChI is InChI=1S/C19H27N3O3S/c1-3-5-8-13(4-2)18(22-16(23)11-12-17(24)25)26-19-20-14-9-6-7-10-15(14)21-19/h6-7,9-10,13,18H,3-5,8,11-12H2,1-2H3,(H,20,21)(H,22,23)(H,24,25). The van der Waals surface area contributed by atoms with Crippen LogP contribution in [0.1, 0.15) is 52.4 Å². The van der Waals surface area contributed by atoms with Gasteiger partial charge in [-0.05, 0) is 24.5 Å². The molecule has 2 atom stereocenters. The highest BCUT2D eigenvalue weighted by Crippen LogP contribution is 2.30. The average molecular weight is 378 g/mol. The lowest BCUT2D eigenvalue weighted by atomic mass is 9.99. The van der Waals surface area contributed by atoms with E-state index in [2.05, 4.69) is 29.1 Å².